The Labute approximate surface area is 62.2 Å². The second-order valence-corrected chi connectivity index (χ2v) is 1.83. The summed E-state index contributed by atoms with van der Waals surface area (Å²) >= 11 is 0. The number of ketones is 1. The maximum atomic E-state index is 10.6. The van der Waals surface area contributed by atoms with Gasteiger partial charge in [-0.15, -0.1) is 12.4 Å². The first kappa shape index (κ1) is 11.7. The van der Waals surface area contributed by atoms with Gasteiger partial charge in [-0.3, -0.25) is 4.79 Å². The Hall–Kier alpha value is -0.0800. The molecule has 0 radical (unpaired) electrons. The third-order valence-corrected chi connectivity index (χ3v) is 0.952. The second-order valence-electron chi connectivity index (χ2n) is 1.83. The molecule has 0 rings (SSSR count). The van der Waals surface area contributed by atoms with E-state index in [0.29, 0.717) is 19.4 Å². The summed E-state index contributed by atoms with van der Waals surface area (Å²) < 4.78 is 0. The molecule has 0 aromatic heterocycles. The van der Waals surface area contributed by atoms with Gasteiger partial charge in [-0.1, -0.05) is 6.92 Å². The summed E-state index contributed by atoms with van der Waals surface area (Å²) in [4.78, 5) is 10.6. The number of rotatable bonds is 4. The zero-order valence-electron chi connectivity index (χ0n) is 5.72. The van der Waals surface area contributed by atoms with Gasteiger partial charge in [-0.25, -0.2) is 0 Å². The van der Waals surface area contributed by atoms with Crippen LogP contribution in [0.2, 0.25) is 0 Å². The standard InChI is InChI=1S/C6H13NO.ClH/c1-2-3-6(8)4-5-7;/h2-5,7H2,1H3;1H. The van der Waals surface area contributed by atoms with Crippen LogP contribution in [0.3, 0.4) is 0 Å². The number of nitrogens with two attached hydrogens (primary N) is 1. The van der Waals surface area contributed by atoms with Gasteiger partial charge in [0.2, 0.25) is 0 Å². The normalized spacial score (nSPS) is 8.22. The van der Waals surface area contributed by atoms with Crippen molar-refractivity contribution in [1.29, 1.82) is 0 Å². The fourth-order valence-corrected chi connectivity index (χ4v) is 0.565. The Bertz CT molecular complexity index is 67.5. The zero-order valence-corrected chi connectivity index (χ0v) is 6.54. The monoisotopic (exact) mass is 151 g/mol. The summed E-state index contributed by atoms with van der Waals surface area (Å²) in [6.45, 7) is 2.49. The molecule has 0 heterocycles. The molecule has 0 atom stereocenters. The van der Waals surface area contributed by atoms with Crippen molar-refractivity contribution in [2.24, 2.45) is 5.73 Å². The van der Waals surface area contributed by atoms with Gasteiger partial charge < -0.3 is 5.73 Å². The summed E-state index contributed by atoms with van der Waals surface area (Å²) in [7, 11) is 0. The topological polar surface area (TPSA) is 43.1 Å². The van der Waals surface area contributed by atoms with E-state index < -0.39 is 0 Å². The summed E-state index contributed by atoms with van der Waals surface area (Å²) in [6.07, 6.45) is 2.18. The molecule has 0 aliphatic rings. The minimum atomic E-state index is 0. The Kier molecular flexibility index (Phi) is 10.3. The van der Waals surface area contributed by atoms with E-state index in [1.54, 1.807) is 0 Å². The van der Waals surface area contributed by atoms with E-state index in [4.69, 9.17) is 5.73 Å². The minimum Gasteiger partial charge on any atom is -0.330 e. The molecule has 0 spiro atoms. The molecule has 0 fully saturated rings. The maximum Gasteiger partial charge on any atom is 0.134 e. The van der Waals surface area contributed by atoms with Crippen molar-refractivity contribution in [2.45, 2.75) is 26.2 Å². The number of Topliss-reactive ketones (excluding diaryl/α,β-unsaturated/α-hetero) is 1. The average Bonchev–Trinajstić information content (AvgIpc) is 1.68. The van der Waals surface area contributed by atoms with Crippen LogP contribution >= 0.6 is 12.4 Å². The lowest BCUT2D eigenvalue weighted by Gasteiger charge is -1.91. The van der Waals surface area contributed by atoms with Gasteiger partial charge in [0.25, 0.3) is 0 Å². The molecule has 2 nitrogen and oxygen atoms in total. The van der Waals surface area contributed by atoms with Crippen LogP contribution in [-0.4, -0.2) is 12.3 Å². The molecule has 3 heteroatoms. The van der Waals surface area contributed by atoms with Crippen LogP contribution in [0.5, 0.6) is 0 Å². The van der Waals surface area contributed by atoms with Crippen LogP contribution < -0.4 is 5.73 Å². The zero-order chi connectivity index (χ0) is 6.41. The highest BCUT2D eigenvalue weighted by Crippen LogP contribution is 1.90. The number of hydrogen-bond donors (Lipinski definition) is 1. The molecule has 0 amide bonds. The fraction of sp³-hybridized carbons (Fsp3) is 0.833. The first-order valence-electron chi connectivity index (χ1n) is 3.03. The molecule has 0 unspecified atom stereocenters. The van der Waals surface area contributed by atoms with E-state index in [2.05, 4.69) is 0 Å². The molecule has 0 aromatic rings. The molecular weight excluding hydrogens is 138 g/mol. The SMILES string of the molecule is CCCC(=O)CCN.Cl. The van der Waals surface area contributed by atoms with Gasteiger partial charge in [-0.05, 0) is 13.0 Å². The average molecular weight is 152 g/mol. The molecule has 9 heavy (non-hydrogen) atoms. The molecule has 0 aromatic carbocycles. The van der Waals surface area contributed by atoms with Crippen molar-refractivity contribution in [1.82, 2.24) is 0 Å². The van der Waals surface area contributed by atoms with Crippen molar-refractivity contribution in [3.63, 3.8) is 0 Å². The van der Waals surface area contributed by atoms with Crippen LogP contribution in [-0.2, 0) is 4.79 Å². The molecule has 56 valence electrons. The summed E-state index contributed by atoms with van der Waals surface area (Å²) in [6, 6.07) is 0. The summed E-state index contributed by atoms with van der Waals surface area (Å²) in [5.41, 5.74) is 5.14. The second kappa shape index (κ2) is 7.92. The predicted molar refractivity (Wildman–Crippen MR) is 40.8 cm³/mol. The van der Waals surface area contributed by atoms with E-state index >= 15 is 0 Å². The molecular formula is C6H14ClNO. The van der Waals surface area contributed by atoms with Crippen molar-refractivity contribution in [3.05, 3.63) is 0 Å². The van der Waals surface area contributed by atoms with Crippen molar-refractivity contribution < 1.29 is 4.79 Å². The van der Waals surface area contributed by atoms with Crippen LogP contribution in [0.4, 0.5) is 0 Å². The van der Waals surface area contributed by atoms with E-state index in [1.807, 2.05) is 6.92 Å². The van der Waals surface area contributed by atoms with Crippen LogP contribution in [0, 0.1) is 0 Å². The van der Waals surface area contributed by atoms with Crippen LogP contribution in [0.1, 0.15) is 26.2 Å². The highest BCUT2D eigenvalue weighted by atomic mass is 35.5. The quantitative estimate of drug-likeness (QED) is 0.655. The number of halogens is 1. The lowest BCUT2D eigenvalue weighted by atomic mass is 10.2. The Morgan fingerprint density at radius 1 is 1.44 bits per heavy atom. The largest absolute Gasteiger partial charge is 0.330 e. The summed E-state index contributed by atoms with van der Waals surface area (Å²) in [5, 5.41) is 0. The Morgan fingerprint density at radius 2 is 2.00 bits per heavy atom. The van der Waals surface area contributed by atoms with Gasteiger partial charge in [-0.2, -0.15) is 0 Å². The van der Waals surface area contributed by atoms with Crippen molar-refractivity contribution >= 4 is 18.2 Å². The minimum absolute atomic E-state index is 0. The maximum absolute atomic E-state index is 10.6. The van der Waals surface area contributed by atoms with Crippen LogP contribution in [0.15, 0.2) is 0 Å². The molecule has 0 saturated heterocycles. The molecule has 0 aliphatic heterocycles. The van der Waals surface area contributed by atoms with Gasteiger partial charge in [0, 0.05) is 12.8 Å². The first-order valence-corrected chi connectivity index (χ1v) is 3.03. The van der Waals surface area contributed by atoms with E-state index in [9.17, 15) is 4.79 Å². The lowest BCUT2D eigenvalue weighted by Crippen LogP contribution is -2.06. The highest BCUT2D eigenvalue weighted by Gasteiger charge is 1.95. The Balaban J connectivity index is 0. The predicted octanol–water partition coefficient (Wildman–Crippen LogP) is 1.13. The Morgan fingerprint density at radius 3 is 2.33 bits per heavy atom. The fourth-order valence-electron chi connectivity index (χ4n) is 0.565. The smallest absolute Gasteiger partial charge is 0.134 e. The highest BCUT2D eigenvalue weighted by molar-refractivity contribution is 5.85. The third-order valence-electron chi connectivity index (χ3n) is 0.952. The molecule has 0 aliphatic carbocycles. The summed E-state index contributed by atoms with van der Waals surface area (Å²) in [5.74, 6) is 0.287. The van der Waals surface area contributed by atoms with E-state index in [0.717, 1.165) is 6.42 Å². The molecule has 0 saturated carbocycles. The number of carbonyl (C=O) groups is 1. The molecule has 0 bridgehead atoms. The van der Waals surface area contributed by atoms with Gasteiger partial charge in [0.15, 0.2) is 0 Å². The van der Waals surface area contributed by atoms with E-state index in [-0.39, 0.29) is 18.2 Å². The van der Waals surface area contributed by atoms with Crippen LogP contribution in [0.25, 0.3) is 0 Å². The van der Waals surface area contributed by atoms with E-state index in [1.165, 1.54) is 0 Å². The number of carbonyl (C=O) groups excluding carboxylic acids is 1. The van der Waals surface area contributed by atoms with Crippen molar-refractivity contribution in [2.75, 3.05) is 6.54 Å². The van der Waals surface area contributed by atoms with Crippen molar-refractivity contribution in [3.8, 4) is 0 Å². The van der Waals surface area contributed by atoms with Gasteiger partial charge >= 0.3 is 0 Å². The lowest BCUT2D eigenvalue weighted by molar-refractivity contribution is -0.118. The van der Waals surface area contributed by atoms with Gasteiger partial charge in [0.1, 0.15) is 5.78 Å². The number of hydrogen-bond acceptors (Lipinski definition) is 2. The van der Waals surface area contributed by atoms with Gasteiger partial charge in [0.05, 0.1) is 0 Å². The molecule has 2 N–H and O–H groups in total. The third kappa shape index (κ3) is 7.92. The first-order chi connectivity index (χ1) is 3.81.